The molecule has 1 aliphatic heterocycles. The number of fused-ring (bicyclic) bond motifs is 1. The molecule has 1 heterocycles. The van der Waals surface area contributed by atoms with Gasteiger partial charge in [0.15, 0.2) is 0 Å². The maximum absolute atomic E-state index is 11.5. The van der Waals surface area contributed by atoms with Crippen LogP contribution in [0.25, 0.3) is 0 Å². The highest BCUT2D eigenvalue weighted by Crippen LogP contribution is 2.47. The fourth-order valence-corrected chi connectivity index (χ4v) is 3.22. The van der Waals surface area contributed by atoms with Gasteiger partial charge in [-0.25, -0.2) is 0 Å². The maximum atomic E-state index is 11.5. The van der Waals surface area contributed by atoms with Crippen molar-refractivity contribution in [1.29, 1.82) is 0 Å². The molecule has 2 heteroatoms. The topological polar surface area (TPSA) is 26.3 Å². The van der Waals surface area contributed by atoms with Crippen LogP contribution in [0.15, 0.2) is 11.8 Å². The van der Waals surface area contributed by atoms with Gasteiger partial charge in [0.1, 0.15) is 5.76 Å². The zero-order valence-corrected chi connectivity index (χ0v) is 10.7. The number of ether oxygens (including phenoxy) is 1. The van der Waals surface area contributed by atoms with E-state index >= 15 is 0 Å². The third-order valence-corrected chi connectivity index (χ3v) is 3.95. The lowest BCUT2D eigenvalue weighted by Gasteiger charge is -2.34. The second-order valence-electron chi connectivity index (χ2n) is 6.15. The van der Waals surface area contributed by atoms with E-state index in [9.17, 15) is 4.79 Å². The van der Waals surface area contributed by atoms with Crippen molar-refractivity contribution in [3.05, 3.63) is 11.8 Å². The molecule has 0 spiro atoms. The number of carbonyl (C=O) groups excluding carboxylic acids is 1. The van der Waals surface area contributed by atoms with Crippen molar-refractivity contribution < 1.29 is 9.53 Å². The van der Waals surface area contributed by atoms with E-state index in [-0.39, 0.29) is 17.3 Å². The molecule has 0 bridgehead atoms. The third-order valence-electron chi connectivity index (χ3n) is 3.95. The quantitative estimate of drug-likeness (QED) is 0.668. The zero-order chi connectivity index (χ0) is 11.9. The Kier molecular flexibility index (Phi) is 2.85. The summed E-state index contributed by atoms with van der Waals surface area (Å²) >= 11 is 0. The second-order valence-corrected chi connectivity index (χ2v) is 6.15. The molecule has 90 valence electrons. The molecule has 2 rings (SSSR count). The van der Waals surface area contributed by atoms with Crippen molar-refractivity contribution in [3.63, 3.8) is 0 Å². The molecule has 1 fully saturated rings. The van der Waals surface area contributed by atoms with Crippen molar-refractivity contribution in [2.45, 2.75) is 47.0 Å². The fourth-order valence-electron chi connectivity index (χ4n) is 3.22. The number of allylic oxidation sites excluding steroid dienone is 2. The molecule has 0 N–H and O–H groups in total. The Morgan fingerprint density at radius 2 is 2.25 bits per heavy atom. The van der Waals surface area contributed by atoms with Gasteiger partial charge in [-0.3, -0.25) is 4.79 Å². The normalized spacial score (nSPS) is 38.3. The van der Waals surface area contributed by atoms with Crippen LogP contribution in [-0.2, 0) is 9.53 Å². The summed E-state index contributed by atoms with van der Waals surface area (Å²) in [6, 6.07) is 0. The Hall–Kier alpha value is -0.790. The van der Waals surface area contributed by atoms with Crippen molar-refractivity contribution in [2.24, 2.45) is 23.2 Å². The van der Waals surface area contributed by atoms with Crippen LogP contribution in [0.2, 0.25) is 0 Å². The van der Waals surface area contributed by atoms with E-state index in [1.807, 2.05) is 6.92 Å². The van der Waals surface area contributed by atoms with Crippen molar-refractivity contribution in [3.8, 4) is 0 Å². The summed E-state index contributed by atoms with van der Waals surface area (Å²) in [7, 11) is 0. The van der Waals surface area contributed by atoms with E-state index in [2.05, 4.69) is 26.8 Å². The first-order chi connectivity index (χ1) is 7.41. The summed E-state index contributed by atoms with van der Waals surface area (Å²) in [5, 5.41) is 0. The maximum Gasteiger partial charge on any atom is 0.314 e. The Bertz CT molecular complexity index is 330. The van der Waals surface area contributed by atoms with Crippen LogP contribution in [0.4, 0.5) is 0 Å². The molecule has 1 aliphatic carbocycles. The minimum absolute atomic E-state index is 0.0370. The predicted molar refractivity (Wildman–Crippen MR) is 63.6 cm³/mol. The number of rotatable bonds is 2. The first-order valence-electron chi connectivity index (χ1n) is 6.36. The molecule has 0 radical (unpaired) electrons. The number of carbonyl (C=O) groups is 1. The van der Waals surface area contributed by atoms with E-state index in [0.717, 1.165) is 12.2 Å². The highest BCUT2D eigenvalue weighted by Gasteiger charge is 2.43. The minimum atomic E-state index is -0.0370. The van der Waals surface area contributed by atoms with Crippen LogP contribution in [-0.4, -0.2) is 5.97 Å². The summed E-state index contributed by atoms with van der Waals surface area (Å²) in [4.78, 5) is 11.5. The van der Waals surface area contributed by atoms with E-state index in [4.69, 9.17) is 4.74 Å². The van der Waals surface area contributed by atoms with Crippen LogP contribution in [0.5, 0.6) is 0 Å². The number of hydrogen-bond donors (Lipinski definition) is 0. The fraction of sp³-hybridized carbons (Fsp3) is 0.786. The van der Waals surface area contributed by atoms with Crippen molar-refractivity contribution >= 4 is 5.97 Å². The Balaban J connectivity index is 2.19. The van der Waals surface area contributed by atoms with Crippen LogP contribution >= 0.6 is 0 Å². The first-order valence-corrected chi connectivity index (χ1v) is 6.36. The monoisotopic (exact) mass is 222 g/mol. The van der Waals surface area contributed by atoms with Crippen LogP contribution in [0.3, 0.4) is 0 Å². The highest BCUT2D eigenvalue weighted by molar-refractivity contribution is 5.77. The van der Waals surface area contributed by atoms with E-state index in [0.29, 0.717) is 11.8 Å². The van der Waals surface area contributed by atoms with Gasteiger partial charge in [0, 0.05) is 5.92 Å². The van der Waals surface area contributed by atoms with Crippen LogP contribution in [0, 0.1) is 23.2 Å². The van der Waals surface area contributed by atoms with E-state index < -0.39 is 0 Å². The molecule has 3 atom stereocenters. The molecule has 2 aliphatic rings. The molecule has 3 unspecified atom stereocenters. The molecular formula is C14H22O2. The van der Waals surface area contributed by atoms with E-state index in [1.54, 1.807) is 0 Å². The Morgan fingerprint density at radius 3 is 2.88 bits per heavy atom. The predicted octanol–water partition coefficient (Wildman–Crippen LogP) is 3.53. The second kappa shape index (κ2) is 3.90. The Morgan fingerprint density at radius 1 is 1.56 bits per heavy atom. The summed E-state index contributed by atoms with van der Waals surface area (Å²) < 4.78 is 5.38. The Labute approximate surface area is 98.1 Å². The summed E-state index contributed by atoms with van der Waals surface area (Å²) in [6.07, 6.45) is 5.68. The lowest BCUT2D eigenvalue weighted by Crippen LogP contribution is -2.24. The molecule has 1 saturated heterocycles. The largest absolute Gasteiger partial charge is 0.431 e. The molecule has 16 heavy (non-hydrogen) atoms. The lowest BCUT2D eigenvalue weighted by atomic mass is 9.70. The third kappa shape index (κ3) is 2.02. The van der Waals surface area contributed by atoms with Crippen LogP contribution < -0.4 is 0 Å². The van der Waals surface area contributed by atoms with Crippen molar-refractivity contribution in [1.82, 2.24) is 0 Å². The van der Waals surface area contributed by atoms with E-state index in [1.165, 1.54) is 12.8 Å². The van der Waals surface area contributed by atoms with Gasteiger partial charge in [0.2, 0.25) is 0 Å². The number of esters is 1. The van der Waals surface area contributed by atoms with Crippen LogP contribution in [0.1, 0.15) is 47.0 Å². The van der Waals surface area contributed by atoms with Crippen molar-refractivity contribution in [2.75, 3.05) is 0 Å². The zero-order valence-electron chi connectivity index (χ0n) is 10.7. The van der Waals surface area contributed by atoms with Gasteiger partial charge in [0.25, 0.3) is 0 Å². The average molecular weight is 222 g/mol. The van der Waals surface area contributed by atoms with Gasteiger partial charge in [0.05, 0.1) is 5.92 Å². The molecule has 0 amide bonds. The van der Waals surface area contributed by atoms with Gasteiger partial charge in [-0.2, -0.15) is 0 Å². The van der Waals surface area contributed by atoms with Gasteiger partial charge >= 0.3 is 5.97 Å². The van der Waals surface area contributed by atoms with Gasteiger partial charge in [-0.1, -0.05) is 27.7 Å². The molecular weight excluding hydrogens is 200 g/mol. The minimum Gasteiger partial charge on any atom is -0.431 e. The SMILES string of the molecule is CC(C)CC1(C)C=C2OC(=O)C(C)C2CC1. The molecule has 2 nitrogen and oxygen atoms in total. The highest BCUT2D eigenvalue weighted by atomic mass is 16.5. The summed E-state index contributed by atoms with van der Waals surface area (Å²) in [5.41, 5.74) is 0.227. The van der Waals surface area contributed by atoms with Gasteiger partial charge in [-0.15, -0.1) is 0 Å². The smallest absolute Gasteiger partial charge is 0.314 e. The standard InChI is InChI=1S/C14H22O2/c1-9(2)7-14(4)6-5-11-10(3)13(15)16-12(11)8-14/h8-11H,5-7H2,1-4H3. The van der Waals surface area contributed by atoms with Gasteiger partial charge in [-0.05, 0) is 36.7 Å². The van der Waals surface area contributed by atoms with Gasteiger partial charge < -0.3 is 4.74 Å². The first kappa shape index (κ1) is 11.7. The molecule has 0 aromatic carbocycles. The molecule has 0 saturated carbocycles. The molecule has 0 aromatic rings. The summed E-state index contributed by atoms with van der Waals surface area (Å²) in [6.45, 7) is 8.77. The lowest BCUT2D eigenvalue weighted by molar-refractivity contribution is -0.138. The number of hydrogen-bond acceptors (Lipinski definition) is 2. The average Bonchev–Trinajstić information content (AvgIpc) is 2.39. The molecule has 0 aromatic heterocycles. The summed E-state index contributed by atoms with van der Waals surface area (Å²) in [5.74, 6) is 2.02.